The summed E-state index contributed by atoms with van der Waals surface area (Å²) in [5, 5.41) is 33.9. The molecule has 115 heavy (non-hydrogen) atoms. The molecule has 28 rings (SSSR count). The van der Waals surface area contributed by atoms with E-state index in [9.17, 15) is 0 Å². The fraction of sp³-hybridized carbons (Fsp3) is 0. The molecule has 0 radical (unpaired) electrons. The number of rotatable bonds is 4. The van der Waals surface area contributed by atoms with Gasteiger partial charge in [0.1, 0.15) is 0 Å². The predicted octanol–water partition coefficient (Wildman–Crippen LogP) is 32.2. The van der Waals surface area contributed by atoms with E-state index < -0.39 is 0 Å². The Kier molecular flexibility index (Phi) is 12.9. The van der Waals surface area contributed by atoms with Crippen molar-refractivity contribution in [1.82, 2.24) is 18.3 Å². The SMILES string of the molecule is c1ccc2c(c1)sc1c3cc4c(cc3ccc21)c1ccccc1n4-c1ccc(-n2c3ccccc3c3cc4ccc5c6ccccc6sc5c4cc32)cc1.c1ccc2c(c1)sc1c3cc4c(cc3ccc21)c1ccccc1n4-c1ccc2c(c1)sc1cc(-n3c4ccccc4c4cc5ccc6c7ccccc7sc6c5cc43)ccc12. The molecule has 28 aromatic rings. The summed E-state index contributed by atoms with van der Waals surface area (Å²) in [7, 11) is 0. The van der Waals surface area contributed by atoms with Crippen molar-refractivity contribution in [2.45, 2.75) is 0 Å². The largest absolute Gasteiger partial charge is 0.309 e. The molecule has 0 unspecified atom stereocenters. The number of aromatic nitrogens is 4. The highest BCUT2D eigenvalue weighted by atomic mass is 32.1. The number of benzene rings is 19. The Morgan fingerprint density at radius 3 is 0.643 bits per heavy atom. The number of hydrogen-bond acceptors (Lipinski definition) is 5. The van der Waals surface area contributed by atoms with E-state index in [1.165, 1.54) is 243 Å². The van der Waals surface area contributed by atoms with Crippen LogP contribution in [-0.4, -0.2) is 18.3 Å². The smallest absolute Gasteiger partial charge is 0.0547 e. The molecule has 9 heterocycles. The first-order chi connectivity index (χ1) is 57.0. The van der Waals surface area contributed by atoms with E-state index in [-0.39, 0.29) is 0 Å². The van der Waals surface area contributed by atoms with E-state index in [2.05, 4.69) is 370 Å². The molecule has 0 aliphatic rings. The molecule has 0 aliphatic carbocycles. The summed E-state index contributed by atoms with van der Waals surface area (Å²) in [4.78, 5) is 0. The maximum Gasteiger partial charge on any atom is 0.0547 e. The van der Waals surface area contributed by atoms with Crippen molar-refractivity contribution in [3.05, 3.63) is 352 Å². The topological polar surface area (TPSA) is 19.7 Å². The van der Waals surface area contributed by atoms with Crippen LogP contribution >= 0.6 is 56.7 Å². The Morgan fingerprint density at radius 1 is 0.130 bits per heavy atom. The van der Waals surface area contributed by atoms with Crippen LogP contribution in [0, 0.1) is 0 Å². The fourth-order valence-electron chi connectivity index (χ4n) is 19.8. The van der Waals surface area contributed by atoms with Gasteiger partial charge < -0.3 is 18.3 Å². The highest BCUT2D eigenvalue weighted by Gasteiger charge is 2.24. The molecule has 9 heteroatoms. The molecule has 0 amide bonds. The molecule has 0 atom stereocenters. The van der Waals surface area contributed by atoms with Gasteiger partial charge in [-0.05, 0) is 167 Å². The minimum Gasteiger partial charge on any atom is -0.309 e. The Balaban J connectivity index is 0.000000124. The molecule has 0 saturated carbocycles. The lowest BCUT2D eigenvalue weighted by molar-refractivity contribution is 1.15. The maximum atomic E-state index is 2.49. The summed E-state index contributed by atoms with van der Waals surface area (Å²) < 4.78 is 23.3. The zero-order valence-corrected chi connectivity index (χ0v) is 65.4. The van der Waals surface area contributed by atoms with Gasteiger partial charge in [-0.15, -0.1) is 56.7 Å². The molecular formula is C106H58N4S5. The summed E-state index contributed by atoms with van der Waals surface area (Å²) >= 11 is 9.51. The minimum atomic E-state index is 1.16. The van der Waals surface area contributed by atoms with Crippen LogP contribution in [-0.2, 0) is 0 Å². The second kappa shape index (κ2) is 23.6. The van der Waals surface area contributed by atoms with Gasteiger partial charge in [0.25, 0.3) is 0 Å². The van der Waals surface area contributed by atoms with Gasteiger partial charge in [-0.2, -0.15) is 0 Å². The van der Waals surface area contributed by atoms with Crippen molar-refractivity contribution >= 4 is 288 Å². The Morgan fingerprint density at radius 2 is 0.357 bits per heavy atom. The van der Waals surface area contributed by atoms with Gasteiger partial charge in [0.15, 0.2) is 0 Å². The fourth-order valence-corrected chi connectivity index (χ4v) is 25.9. The number of thiophene rings is 5. The molecule has 0 fully saturated rings. The maximum absolute atomic E-state index is 2.49. The van der Waals surface area contributed by atoms with Crippen molar-refractivity contribution in [3.8, 4) is 22.7 Å². The highest BCUT2D eigenvalue weighted by Crippen LogP contribution is 2.49. The summed E-state index contributed by atoms with van der Waals surface area (Å²) in [6.07, 6.45) is 0. The summed E-state index contributed by atoms with van der Waals surface area (Å²) in [5.74, 6) is 0. The van der Waals surface area contributed by atoms with Crippen molar-refractivity contribution in [3.63, 3.8) is 0 Å². The molecule has 0 bridgehead atoms. The van der Waals surface area contributed by atoms with E-state index >= 15 is 0 Å². The second-order valence-corrected chi connectivity index (χ2v) is 36.2. The monoisotopic (exact) mass is 1550 g/mol. The standard InChI is InChI=1S/C56H30N2S3.C50H28N2S2/c1-5-13-47-35(9-1)45-25-31-17-21-41-37-11-3-7-15-51(37)60-55(41)43(31)29-49(45)57(47)33-19-23-39-40-24-20-34(28-54(40)59-53(39)27-33)58-48-14-6-2-10-36(48)46-26-32-18-22-42-38-12-4-8-16-52(38)61-56(42)44(32)30-50(46)58;1-5-13-43-33(9-1)41-25-29-17-23-37-35-11-3-7-15-47(35)53-49(37)39(29)27-45(41)51(43)31-19-21-32(22-20-31)52-44-14-6-2-10-34(44)42-26-30-18-24-38-36-12-4-8-16-48(36)54-50(38)40(30)28-46(42)52/h1-30H;1-28H. The summed E-state index contributed by atoms with van der Waals surface area (Å²) in [6.45, 7) is 0. The van der Waals surface area contributed by atoms with Gasteiger partial charge in [-0.25, -0.2) is 0 Å². The van der Waals surface area contributed by atoms with Gasteiger partial charge >= 0.3 is 0 Å². The third-order valence-corrected chi connectivity index (χ3v) is 30.9. The van der Waals surface area contributed by atoms with E-state index in [0.717, 1.165) is 11.4 Å². The number of para-hydroxylation sites is 4. The minimum absolute atomic E-state index is 1.16. The molecule has 0 N–H and O–H groups in total. The van der Waals surface area contributed by atoms with Crippen molar-refractivity contribution in [2.75, 3.05) is 0 Å². The lowest BCUT2D eigenvalue weighted by Gasteiger charge is -2.12. The normalized spacial score (nSPS) is 12.5. The third-order valence-electron chi connectivity index (χ3n) is 24.9. The molecule has 4 nitrogen and oxygen atoms in total. The quantitative estimate of drug-likeness (QED) is 0.167. The lowest BCUT2D eigenvalue weighted by Crippen LogP contribution is -1.97. The van der Waals surface area contributed by atoms with Crippen LogP contribution in [0.15, 0.2) is 352 Å². The van der Waals surface area contributed by atoms with Crippen molar-refractivity contribution in [2.24, 2.45) is 0 Å². The Hall–Kier alpha value is -13.5. The highest BCUT2D eigenvalue weighted by molar-refractivity contribution is 7.28. The summed E-state index contributed by atoms with van der Waals surface area (Å²) in [6, 6.07) is 132. The third kappa shape index (κ3) is 8.93. The average Bonchev–Trinajstić information content (AvgIpc) is 1.58. The van der Waals surface area contributed by atoms with E-state index in [1.807, 2.05) is 56.7 Å². The van der Waals surface area contributed by atoms with E-state index in [1.54, 1.807) is 0 Å². The molecule has 9 aromatic heterocycles. The van der Waals surface area contributed by atoms with Crippen LogP contribution in [0.3, 0.4) is 0 Å². The molecule has 532 valence electrons. The van der Waals surface area contributed by atoms with Crippen molar-refractivity contribution < 1.29 is 0 Å². The van der Waals surface area contributed by atoms with Gasteiger partial charge in [0.2, 0.25) is 0 Å². The predicted molar refractivity (Wildman–Crippen MR) is 505 cm³/mol. The zero-order chi connectivity index (χ0) is 74.6. The van der Waals surface area contributed by atoms with Crippen molar-refractivity contribution in [1.29, 1.82) is 0 Å². The molecule has 19 aromatic carbocycles. The van der Waals surface area contributed by atoms with Crippen LogP contribution in [0.25, 0.3) is 254 Å². The van der Waals surface area contributed by atoms with Crippen LogP contribution in [0.4, 0.5) is 0 Å². The van der Waals surface area contributed by atoms with Gasteiger partial charge in [0.05, 0.1) is 44.1 Å². The lowest BCUT2D eigenvalue weighted by atomic mass is 10.0. The first kappa shape index (κ1) is 63.1. The molecule has 0 aliphatic heterocycles. The second-order valence-electron chi connectivity index (χ2n) is 30.9. The van der Waals surface area contributed by atoms with Crippen LogP contribution in [0.5, 0.6) is 0 Å². The van der Waals surface area contributed by atoms with E-state index in [4.69, 9.17) is 0 Å². The average molecular weight is 1550 g/mol. The molecular weight excluding hydrogens is 1490 g/mol. The zero-order valence-electron chi connectivity index (χ0n) is 61.3. The van der Waals surface area contributed by atoms with Crippen LogP contribution in [0.2, 0.25) is 0 Å². The number of nitrogens with zero attached hydrogens (tertiary/aromatic N) is 4. The first-order valence-corrected chi connectivity index (χ1v) is 43.2. The Labute approximate surface area is 675 Å². The van der Waals surface area contributed by atoms with Gasteiger partial charge in [0, 0.05) is 188 Å². The van der Waals surface area contributed by atoms with Gasteiger partial charge in [-0.3, -0.25) is 0 Å². The number of hydrogen-bond donors (Lipinski definition) is 0. The molecule has 0 spiro atoms. The number of fused-ring (bicyclic) bond motifs is 35. The molecule has 0 saturated heterocycles. The van der Waals surface area contributed by atoms with Crippen LogP contribution < -0.4 is 0 Å². The van der Waals surface area contributed by atoms with Crippen LogP contribution in [0.1, 0.15) is 0 Å². The van der Waals surface area contributed by atoms with Gasteiger partial charge in [-0.1, -0.05) is 206 Å². The summed E-state index contributed by atoms with van der Waals surface area (Å²) in [5.41, 5.74) is 14.6. The Bertz CT molecular complexity index is 8670. The van der Waals surface area contributed by atoms with E-state index in [0.29, 0.717) is 0 Å². The first-order valence-electron chi connectivity index (χ1n) is 39.2.